The zero-order valence-corrected chi connectivity index (χ0v) is 17.1. The van der Waals surface area contributed by atoms with Crippen molar-refractivity contribution < 1.29 is 14.4 Å². The van der Waals surface area contributed by atoms with Gasteiger partial charge < -0.3 is 10.2 Å². The maximum Gasteiger partial charge on any atom is 0.326 e. The van der Waals surface area contributed by atoms with E-state index < -0.39 is 18.1 Å². The van der Waals surface area contributed by atoms with Crippen LogP contribution < -0.4 is 15.6 Å². The van der Waals surface area contributed by atoms with Gasteiger partial charge in [-0.2, -0.15) is 5.43 Å². The third kappa shape index (κ3) is 3.99. The van der Waals surface area contributed by atoms with Gasteiger partial charge in [0.1, 0.15) is 6.54 Å². The second-order valence-electron chi connectivity index (χ2n) is 7.68. The fourth-order valence-electron chi connectivity index (χ4n) is 3.65. The van der Waals surface area contributed by atoms with E-state index in [2.05, 4.69) is 10.7 Å². The monoisotopic (exact) mass is 407 g/mol. The van der Waals surface area contributed by atoms with Gasteiger partial charge in [0.05, 0.1) is 0 Å². The van der Waals surface area contributed by atoms with E-state index in [-0.39, 0.29) is 12.5 Å². The Labute approximate surface area is 175 Å². The van der Waals surface area contributed by atoms with Crippen molar-refractivity contribution >= 4 is 23.4 Å². The van der Waals surface area contributed by atoms with Gasteiger partial charge >= 0.3 is 11.8 Å². The molecule has 2 aliphatic rings. The van der Waals surface area contributed by atoms with Crippen molar-refractivity contribution in [2.75, 3.05) is 24.5 Å². The van der Waals surface area contributed by atoms with Gasteiger partial charge in [-0.3, -0.25) is 24.3 Å². The zero-order valence-electron chi connectivity index (χ0n) is 17.1. The minimum atomic E-state index is -0.720. The fourth-order valence-corrected chi connectivity index (χ4v) is 3.65. The Morgan fingerprint density at radius 1 is 0.933 bits per heavy atom. The van der Waals surface area contributed by atoms with E-state index in [1.165, 1.54) is 4.90 Å². The molecule has 0 saturated carbocycles. The number of aryl methyl sites for hydroxylation is 2. The number of amides is 3. The van der Waals surface area contributed by atoms with E-state index in [9.17, 15) is 14.4 Å². The summed E-state index contributed by atoms with van der Waals surface area (Å²) in [4.78, 5) is 41.0. The van der Waals surface area contributed by atoms with Gasteiger partial charge in [0.2, 0.25) is 5.91 Å². The summed E-state index contributed by atoms with van der Waals surface area (Å²) < 4.78 is 0. The minimum absolute atomic E-state index is 0.234. The van der Waals surface area contributed by atoms with Crippen LogP contribution in [0.3, 0.4) is 0 Å². The number of hydrogen-bond acceptors (Lipinski definition) is 5. The summed E-state index contributed by atoms with van der Waals surface area (Å²) in [6.45, 7) is 5.19. The van der Waals surface area contributed by atoms with Crippen LogP contribution >= 0.6 is 0 Å². The molecule has 0 bridgehead atoms. The summed E-state index contributed by atoms with van der Waals surface area (Å²) in [7, 11) is 0. The number of fused-ring (bicyclic) bond motifs is 1. The minimum Gasteiger partial charge on any atom is -0.350 e. The first-order valence-electron chi connectivity index (χ1n) is 9.96. The van der Waals surface area contributed by atoms with Gasteiger partial charge in [0, 0.05) is 25.3 Å². The fraction of sp³-hybridized carbons (Fsp3) is 0.318. The lowest BCUT2D eigenvalue weighted by atomic mass is 10.1. The molecule has 0 spiro atoms. The Hall–Kier alpha value is -3.39. The third-order valence-electron chi connectivity index (χ3n) is 5.41. The summed E-state index contributed by atoms with van der Waals surface area (Å²) in [6, 6.07) is 15.8. The first-order valence-corrected chi connectivity index (χ1v) is 9.96. The molecular weight excluding hydrogens is 382 g/mol. The SMILES string of the molecule is Cc1ccc(CNC(=O)CN2NC3N(CCN3c3ccc(C)cc3)C(=O)C2=O)cc1. The molecule has 2 heterocycles. The quantitative estimate of drug-likeness (QED) is 0.720. The van der Waals surface area contributed by atoms with E-state index in [1.54, 1.807) is 0 Å². The molecule has 2 saturated heterocycles. The number of nitrogens with zero attached hydrogens (tertiary/aromatic N) is 3. The van der Waals surface area contributed by atoms with Gasteiger partial charge in [0.25, 0.3) is 0 Å². The summed E-state index contributed by atoms with van der Waals surface area (Å²) in [5.41, 5.74) is 7.26. The van der Waals surface area contributed by atoms with Crippen molar-refractivity contribution in [3.8, 4) is 0 Å². The standard InChI is InChI=1S/C22H25N5O3/c1-15-3-7-17(8-4-15)13-23-19(28)14-27-21(30)20(29)26-12-11-25(22(26)24-27)18-9-5-16(2)6-10-18/h3-10,22,24H,11-14H2,1-2H3,(H,23,28). The Morgan fingerprint density at radius 2 is 1.53 bits per heavy atom. The lowest BCUT2D eigenvalue weighted by Gasteiger charge is -2.40. The molecule has 2 N–H and O–H groups in total. The number of benzene rings is 2. The van der Waals surface area contributed by atoms with Gasteiger partial charge in [-0.1, -0.05) is 47.5 Å². The maximum atomic E-state index is 12.6. The number of carbonyl (C=O) groups excluding carboxylic acids is 3. The largest absolute Gasteiger partial charge is 0.350 e. The van der Waals surface area contributed by atoms with Crippen LogP contribution in [0.1, 0.15) is 16.7 Å². The van der Waals surface area contributed by atoms with Crippen LogP contribution in [0.25, 0.3) is 0 Å². The predicted octanol–water partition coefficient (Wildman–Crippen LogP) is 0.899. The topological polar surface area (TPSA) is 85.0 Å². The maximum absolute atomic E-state index is 12.6. The van der Waals surface area contributed by atoms with Crippen LogP contribution in [0.15, 0.2) is 48.5 Å². The molecule has 2 fully saturated rings. The molecule has 3 amide bonds. The number of hydrogen-bond donors (Lipinski definition) is 2. The molecule has 1 unspecified atom stereocenters. The summed E-state index contributed by atoms with van der Waals surface area (Å²) in [5, 5.41) is 3.91. The third-order valence-corrected chi connectivity index (χ3v) is 5.41. The van der Waals surface area contributed by atoms with Crippen LogP contribution in [-0.2, 0) is 20.9 Å². The molecule has 2 aliphatic heterocycles. The number of hydrazine groups is 1. The zero-order chi connectivity index (χ0) is 21.3. The molecule has 2 aromatic rings. The molecule has 0 aliphatic carbocycles. The summed E-state index contributed by atoms with van der Waals surface area (Å²) in [6.07, 6.45) is -0.497. The normalized spacial score (nSPS) is 18.6. The second kappa shape index (κ2) is 8.16. The molecule has 8 heteroatoms. The molecular formula is C22H25N5O3. The first kappa shape index (κ1) is 19.9. The van der Waals surface area contributed by atoms with Crippen molar-refractivity contribution in [2.24, 2.45) is 0 Å². The van der Waals surface area contributed by atoms with Crippen LogP contribution in [0, 0.1) is 13.8 Å². The van der Waals surface area contributed by atoms with Crippen molar-refractivity contribution in [2.45, 2.75) is 26.7 Å². The highest BCUT2D eigenvalue weighted by molar-refractivity contribution is 6.35. The number of carbonyl (C=O) groups is 3. The van der Waals surface area contributed by atoms with Crippen LogP contribution in [0.5, 0.6) is 0 Å². The lowest BCUT2D eigenvalue weighted by Crippen LogP contribution is -2.68. The summed E-state index contributed by atoms with van der Waals surface area (Å²) in [5.74, 6) is -1.65. The van der Waals surface area contributed by atoms with E-state index in [1.807, 2.05) is 67.3 Å². The predicted molar refractivity (Wildman–Crippen MR) is 112 cm³/mol. The van der Waals surface area contributed by atoms with E-state index in [0.29, 0.717) is 19.6 Å². The molecule has 156 valence electrons. The smallest absolute Gasteiger partial charge is 0.326 e. The molecule has 2 aromatic carbocycles. The lowest BCUT2D eigenvalue weighted by molar-refractivity contribution is -0.163. The summed E-state index contributed by atoms with van der Waals surface area (Å²) >= 11 is 0. The van der Waals surface area contributed by atoms with Crippen LogP contribution in [0.2, 0.25) is 0 Å². The van der Waals surface area contributed by atoms with Gasteiger partial charge in [-0.25, -0.2) is 0 Å². The Kier molecular flexibility index (Phi) is 5.41. The van der Waals surface area contributed by atoms with Crippen molar-refractivity contribution in [3.05, 3.63) is 65.2 Å². The van der Waals surface area contributed by atoms with Gasteiger partial charge in [-0.05, 0) is 31.5 Å². The highest BCUT2D eigenvalue weighted by Gasteiger charge is 2.45. The molecule has 0 radical (unpaired) electrons. The highest BCUT2D eigenvalue weighted by atomic mass is 16.2. The Morgan fingerprint density at radius 3 is 2.20 bits per heavy atom. The van der Waals surface area contributed by atoms with Crippen molar-refractivity contribution in [3.63, 3.8) is 0 Å². The van der Waals surface area contributed by atoms with E-state index in [4.69, 9.17) is 0 Å². The molecule has 8 nitrogen and oxygen atoms in total. The average molecular weight is 407 g/mol. The highest BCUT2D eigenvalue weighted by Crippen LogP contribution is 2.25. The van der Waals surface area contributed by atoms with E-state index in [0.717, 1.165) is 27.4 Å². The van der Waals surface area contributed by atoms with Gasteiger partial charge in [-0.15, -0.1) is 0 Å². The Balaban J connectivity index is 1.41. The molecule has 4 rings (SSSR count). The number of rotatable bonds is 5. The van der Waals surface area contributed by atoms with E-state index >= 15 is 0 Å². The average Bonchev–Trinajstić information content (AvgIpc) is 3.16. The van der Waals surface area contributed by atoms with Crippen LogP contribution in [0.4, 0.5) is 5.69 Å². The van der Waals surface area contributed by atoms with Crippen molar-refractivity contribution in [1.82, 2.24) is 20.7 Å². The van der Waals surface area contributed by atoms with Crippen molar-refractivity contribution in [1.29, 1.82) is 0 Å². The molecule has 30 heavy (non-hydrogen) atoms. The molecule has 0 aromatic heterocycles. The first-order chi connectivity index (χ1) is 14.4. The second-order valence-corrected chi connectivity index (χ2v) is 7.68. The number of anilines is 1. The molecule has 1 atom stereocenters. The number of nitrogens with one attached hydrogen (secondary N) is 2. The van der Waals surface area contributed by atoms with Gasteiger partial charge in [0.15, 0.2) is 6.29 Å². The van der Waals surface area contributed by atoms with Crippen LogP contribution in [-0.4, -0.2) is 53.6 Å². The Bertz CT molecular complexity index is 958.